The van der Waals surface area contributed by atoms with Gasteiger partial charge in [0, 0.05) is 24.2 Å². The maximum atomic E-state index is 13.6. The summed E-state index contributed by atoms with van der Waals surface area (Å²) < 4.78 is 43.0. The highest BCUT2D eigenvalue weighted by atomic mass is 32.2. The number of aliphatic carboxylic acids is 1. The fourth-order valence-electron chi connectivity index (χ4n) is 3.51. The number of sulfonamides is 1. The first-order chi connectivity index (χ1) is 14.7. The van der Waals surface area contributed by atoms with Gasteiger partial charge in [0.1, 0.15) is 10.0 Å². The second-order valence-electron chi connectivity index (χ2n) is 7.52. The Kier molecular flexibility index (Phi) is 7.46. The Morgan fingerprint density at radius 3 is 2.32 bits per heavy atom. The van der Waals surface area contributed by atoms with Gasteiger partial charge in [-0.15, -0.1) is 11.3 Å². The van der Waals surface area contributed by atoms with Gasteiger partial charge in [-0.3, -0.25) is 4.79 Å². The maximum Gasteiger partial charge on any atom is 0.303 e. The Labute approximate surface area is 186 Å². The molecule has 0 saturated heterocycles. The highest BCUT2D eigenvalue weighted by Gasteiger charge is 2.28. The van der Waals surface area contributed by atoms with Crippen LogP contribution < -0.4 is 0 Å². The van der Waals surface area contributed by atoms with E-state index in [9.17, 15) is 17.6 Å². The zero-order chi connectivity index (χ0) is 22.6. The fourth-order valence-corrected chi connectivity index (χ4v) is 6.93. The molecule has 0 bridgehead atoms. The van der Waals surface area contributed by atoms with E-state index < -0.39 is 16.0 Å². The van der Waals surface area contributed by atoms with E-state index in [4.69, 9.17) is 5.11 Å². The van der Waals surface area contributed by atoms with E-state index in [1.807, 2.05) is 31.2 Å². The van der Waals surface area contributed by atoms with Gasteiger partial charge in [0.25, 0.3) is 10.0 Å². The largest absolute Gasteiger partial charge is 0.481 e. The average Bonchev–Trinajstić information content (AvgIpc) is 3.07. The summed E-state index contributed by atoms with van der Waals surface area (Å²) in [7, 11) is -3.70. The molecule has 5 nitrogen and oxygen atoms in total. The van der Waals surface area contributed by atoms with Gasteiger partial charge < -0.3 is 5.11 Å². The molecule has 1 aromatic heterocycles. The second-order valence-corrected chi connectivity index (χ2v) is 10.7. The van der Waals surface area contributed by atoms with Crippen molar-refractivity contribution in [3.8, 4) is 0 Å². The van der Waals surface area contributed by atoms with Crippen LogP contribution in [0.2, 0.25) is 0 Å². The van der Waals surface area contributed by atoms with Crippen LogP contribution in [0, 0.1) is 12.7 Å². The third kappa shape index (κ3) is 5.50. The molecular formula is C23H26FNO4S2. The van der Waals surface area contributed by atoms with Crippen LogP contribution in [0.5, 0.6) is 0 Å². The zero-order valence-corrected chi connectivity index (χ0v) is 19.2. The molecule has 0 atom stereocenters. The molecule has 3 rings (SSSR count). The molecule has 0 radical (unpaired) electrons. The third-order valence-electron chi connectivity index (χ3n) is 5.20. The standard InChI is InChI=1S/C23H26FNO4S2/c1-3-13-25(14-12-18-6-4-17(5-7-18)8-11-22(26)27)31(28,29)23-16(2)20-15-19(24)9-10-21(20)30-23/h4-7,9-10,15H,3,8,11-14H2,1-2H3,(H,26,27). The van der Waals surface area contributed by atoms with Crippen molar-refractivity contribution in [2.75, 3.05) is 13.1 Å². The van der Waals surface area contributed by atoms with Crippen molar-refractivity contribution in [3.63, 3.8) is 0 Å². The molecule has 0 amide bonds. The molecule has 0 aliphatic rings. The molecule has 0 saturated carbocycles. The molecule has 0 fully saturated rings. The summed E-state index contributed by atoms with van der Waals surface area (Å²) in [6.07, 6.45) is 1.79. The smallest absolute Gasteiger partial charge is 0.303 e. The summed E-state index contributed by atoms with van der Waals surface area (Å²) in [5, 5.41) is 9.43. The van der Waals surface area contributed by atoms with E-state index in [0.717, 1.165) is 15.8 Å². The molecule has 3 aromatic rings. The monoisotopic (exact) mass is 463 g/mol. The van der Waals surface area contributed by atoms with Crippen LogP contribution in [0.3, 0.4) is 0 Å². The zero-order valence-electron chi connectivity index (χ0n) is 17.6. The van der Waals surface area contributed by atoms with Gasteiger partial charge in [0.15, 0.2) is 0 Å². The van der Waals surface area contributed by atoms with E-state index in [-0.39, 0.29) is 16.4 Å². The molecule has 0 aliphatic carbocycles. The van der Waals surface area contributed by atoms with Crippen molar-refractivity contribution in [1.29, 1.82) is 0 Å². The van der Waals surface area contributed by atoms with E-state index in [1.165, 1.54) is 27.8 Å². The molecule has 31 heavy (non-hydrogen) atoms. The van der Waals surface area contributed by atoms with Crippen LogP contribution in [0.4, 0.5) is 4.39 Å². The Bertz CT molecular complexity index is 1170. The van der Waals surface area contributed by atoms with Crippen LogP contribution in [0.25, 0.3) is 10.1 Å². The topological polar surface area (TPSA) is 74.7 Å². The normalized spacial score (nSPS) is 12.0. The average molecular weight is 464 g/mol. The van der Waals surface area contributed by atoms with Crippen molar-refractivity contribution >= 4 is 37.4 Å². The molecule has 2 aromatic carbocycles. The Morgan fingerprint density at radius 1 is 1.06 bits per heavy atom. The molecule has 1 N–H and O–H groups in total. The summed E-state index contributed by atoms with van der Waals surface area (Å²) >= 11 is 1.18. The third-order valence-corrected chi connectivity index (χ3v) is 8.97. The number of fused-ring (bicyclic) bond motifs is 1. The number of hydrogen-bond donors (Lipinski definition) is 1. The quantitative estimate of drug-likeness (QED) is 0.459. The van der Waals surface area contributed by atoms with Gasteiger partial charge in [-0.1, -0.05) is 31.2 Å². The molecule has 0 spiro atoms. The van der Waals surface area contributed by atoms with Crippen molar-refractivity contribution in [2.45, 2.75) is 43.7 Å². The first-order valence-electron chi connectivity index (χ1n) is 10.2. The lowest BCUT2D eigenvalue weighted by Gasteiger charge is -2.21. The number of carbonyl (C=O) groups is 1. The predicted molar refractivity (Wildman–Crippen MR) is 122 cm³/mol. The van der Waals surface area contributed by atoms with Gasteiger partial charge in [-0.05, 0) is 66.5 Å². The van der Waals surface area contributed by atoms with E-state index in [2.05, 4.69) is 0 Å². The Hall–Kier alpha value is -2.29. The lowest BCUT2D eigenvalue weighted by Crippen LogP contribution is -2.33. The van der Waals surface area contributed by atoms with Gasteiger partial charge in [0.2, 0.25) is 0 Å². The number of hydrogen-bond acceptors (Lipinski definition) is 4. The van der Waals surface area contributed by atoms with Crippen LogP contribution in [-0.4, -0.2) is 36.9 Å². The Balaban J connectivity index is 1.78. The van der Waals surface area contributed by atoms with Crippen molar-refractivity contribution < 1.29 is 22.7 Å². The highest BCUT2D eigenvalue weighted by Crippen LogP contribution is 2.36. The minimum absolute atomic E-state index is 0.0836. The number of carboxylic acids is 1. The number of benzene rings is 2. The van der Waals surface area contributed by atoms with Crippen molar-refractivity contribution in [2.24, 2.45) is 0 Å². The highest BCUT2D eigenvalue weighted by molar-refractivity contribution is 7.91. The first-order valence-corrected chi connectivity index (χ1v) is 12.5. The lowest BCUT2D eigenvalue weighted by molar-refractivity contribution is -0.136. The van der Waals surface area contributed by atoms with Crippen LogP contribution in [0.15, 0.2) is 46.7 Å². The van der Waals surface area contributed by atoms with E-state index >= 15 is 0 Å². The molecule has 0 unspecified atom stereocenters. The maximum absolute atomic E-state index is 13.6. The summed E-state index contributed by atoms with van der Waals surface area (Å²) in [4.78, 5) is 10.7. The van der Waals surface area contributed by atoms with Gasteiger partial charge in [-0.25, -0.2) is 12.8 Å². The number of nitrogens with zero attached hydrogens (tertiary/aromatic N) is 1. The lowest BCUT2D eigenvalue weighted by atomic mass is 10.1. The number of carboxylic acid groups (broad SMARTS) is 1. The SMILES string of the molecule is CCCN(CCc1ccc(CCC(=O)O)cc1)S(=O)(=O)c1sc2ccc(F)cc2c1C. The second kappa shape index (κ2) is 9.89. The van der Waals surface area contributed by atoms with E-state index in [0.29, 0.717) is 43.3 Å². The van der Waals surface area contributed by atoms with Crippen molar-refractivity contribution in [1.82, 2.24) is 4.31 Å². The van der Waals surface area contributed by atoms with Crippen LogP contribution in [0.1, 0.15) is 36.5 Å². The fraction of sp³-hybridized carbons (Fsp3) is 0.348. The number of thiophene rings is 1. The summed E-state index contributed by atoms with van der Waals surface area (Å²) in [5.74, 6) is -1.21. The molecular weight excluding hydrogens is 437 g/mol. The van der Waals surface area contributed by atoms with Gasteiger partial charge in [-0.2, -0.15) is 4.31 Å². The predicted octanol–water partition coefficient (Wildman–Crippen LogP) is 5.01. The van der Waals surface area contributed by atoms with Gasteiger partial charge in [0.05, 0.1) is 0 Å². The summed E-state index contributed by atoms with van der Waals surface area (Å²) in [6, 6.07) is 12.0. The van der Waals surface area contributed by atoms with Crippen LogP contribution in [-0.2, 0) is 27.7 Å². The van der Waals surface area contributed by atoms with E-state index in [1.54, 1.807) is 13.0 Å². The Morgan fingerprint density at radius 2 is 1.71 bits per heavy atom. The minimum atomic E-state index is -3.70. The molecule has 166 valence electrons. The molecule has 1 heterocycles. The number of aryl methyl sites for hydroxylation is 2. The minimum Gasteiger partial charge on any atom is -0.481 e. The van der Waals surface area contributed by atoms with Crippen LogP contribution >= 0.6 is 11.3 Å². The van der Waals surface area contributed by atoms with Crippen molar-refractivity contribution in [3.05, 3.63) is 65.0 Å². The molecule has 0 aliphatic heterocycles. The summed E-state index contributed by atoms with van der Waals surface area (Å²) in [6.45, 7) is 4.41. The first kappa shape index (κ1) is 23.4. The number of halogens is 1. The number of rotatable bonds is 10. The molecule has 8 heteroatoms. The van der Waals surface area contributed by atoms with Gasteiger partial charge >= 0.3 is 5.97 Å². The summed E-state index contributed by atoms with van der Waals surface area (Å²) in [5.41, 5.74) is 2.52.